The fraction of sp³-hybridized carbons (Fsp3) is 0.474. The first kappa shape index (κ1) is 17.5. The van der Waals surface area contributed by atoms with Crippen molar-refractivity contribution in [1.82, 2.24) is 20.0 Å². The minimum absolute atomic E-state index is 0.529. The monoisotopic (exact) mass is 341 g/mol. The van der Waals surface area contributed by atoms with Crippen LogP contribution < -0.4 is 5.32 Å². The molecule has 1 N–H and O–H groups in total. The quantitative estimate of drug-likeness (QED) is 0.496. The molecule has 2 heterocycles. The molecule has 25 heavy (non-hydrogen) atoms. The molecule has 1 aliphatic rings. The van der Waals surface area contributed by atoms with Gasteiger partial charge in [-0.1, -0.05) is 30.3 Å². The Labute approximate surface area is 149 Å². The highest BCUT2D eigenvalue weighted by Crippen LogP contribution is 2.26. The van der Waals surface area contributed by atoms with Crippen LogP contribution >= 0.6 is 0 Å². The lowest BCUT2D eigenvalue weighted by atomic mass is 10.0. The number of aliphatic imine (C=N–C) groups is 1. The zero-order valence-electron chi connectivity index (χ0n) is 15.1. The molecular formula is C19H27N5O. The van der Waals surface area contributed by atoms with E-state index in [-0.39, 0.29) is 0 Å². The summed E-state index contributed by atoms with van der Waals surface area (Å²) in [5, 5.41) is 7.69. The number of likely N-dealkylation sites (tertiary alicyclic amines) is 1. The highest BCUT2D eigenvalue weighted by molar-refractivity contribution is 5.80. The van der Waals surface area contributed by atoms with E-state index in [1.807, 2.05) is 43.2 Å². The molecule has 1 fully saturated rings. The predicted octanol–water partition coefficient (Wildman–Crippen LogP) is 2.00. The van der Waals surface area contributed by atoms with Crippen molar-refractivity contribution in [2.75, 3.05) is 33.3 Å². The van der Waals surface area contributed by atoms with Gasteiger partial charge in [0.1, 0.15) is 0 Å². The lowest BCUT2D eigenvalue weighted by molar-refractivity contribution is 0.125. The summed E-state index contributed by atoms with van der Waals surface area (Å²) in [6.07, 6.45) is 5.22. The summed E-state index contributed by atoms with van der Waals surface area (Å²) in [5.41, 5.74) is 2.51. The predicted molar refractivity (Wildman–Crippen MR) is 99.6 cm³/mol. The first-order chi connectivity index (χ1) is 12.3. The van der Waals surface area contributed by atoms with Gasteiger partial charge in [-0.25, -0.2) is 0 Å². The minimum atomic E-state index is 0.529. The molecule has 0 bridgehead atoms. The van der Waals surface area contributed by atoms with Crippen LogP contribution in [0.5, 0.6) is 0 Å². The molecule has 1 aromatic heterocycles. The second kappa shape index (κ2) is 8.67. The van der Waals surface area contributed by atoms with Crippen LogP contribution in [0.2, 0.25) is 0 Å². The van der Waals surface area contributed by atoms with Gasteiger partial charge in [-0.3, -0.25) is 9.67 Å². The number of benzene rings is 1. The normalized spacial score (nSPS) is 17.9. The molecule has 6 heteroatoms. The van der Waals surface area contributed by atoms with E-state index in [1.165, 1.54) is 11.1 Å². The second-order valence-electron chi connectivity index (χ2n) is 6.39. The number of hydrogen-bond acceptors (Lipinski definition) is 3. The summed E-state index contributed by atoms with van der Waals surface area (Å²) < 4.78 is 7.59. The van der Waals surface area contributed by atoms with E-state index in [4.69, 9.17) is 4.74 Å². The van der Waals surface area contributed by atoms with Crippen LogP contribution in [0.25, 0.3) is 0 Å². The van der Waals surface area contributed by atoms with Gasteiger partial charge in [-0.2, -0.15) is 5.10 Å². The average Bonchev–Trinajstić information content (AvgIpc) is 3.28. The van der Waals surface area contributed by atoms with Crippen molar-refractivity contribution in [1.29, 1.82) is 0 Å². The Hall–Kier alpha value is -2.34. The fourth-order valence-corrected chi connectivity index (χ4v) is 3.21. The molecular weight excluding hydrogens is 314 g/mol. The summed E-state index contributed by atoms with van der Waals surface area (Å²) in [4.78, 5) is 6.73. The third-order valence-electron chi connectivity index (χ3n) is 4.54. The van der Waals surface area contributed by atoms with Gasteiger partial charge >= 0.3 is 0 Å². The van der Waals surface area contributed by atoms with Crippen molar-refractivity contribution < 1.29 is 4.74 Å². The van der Waals surface area contributed by atoms with Crippen LogP contribution in [0.3, 0.4) is 0 Å². The molecule has 1 atom stereocenters. The minimum Gasteiger partial charge on any atom is -0.375 e. The number of aryl methyl sites for hydroxylation is 1. The van der Waals surface area contributed by atoms with Crippen LogP contribution in [-0.2, 0) is 18.4 Å². The lowest BCUT2D eigenvalue weighted by Crippen LogP contribution is -2.41. The van der Waals surface area contributed by atoms with E-state index >= 15 is 0 Å². The molecule has 134 valence electrons. The smallest absolute Gasteiger partial charge is 0.193 e. The van der Waals surface area contributed by atoms with E-state index in [0.717, 1.165) is 32.0 Å². The maximum atomic E-state index is 5.72. The molecule has 1 aromatic carbocycles. The topological polar surface area (TPSA) is 54.7 Å². The Morgan fingerprint density at radius 2 is 2.20 bits per heavy atom. The van der Waals surface area contributed by atoms with Gasteiger partial charge < -0.3 is 15.0 Å². The first-order valence-electron chi connectivity index (χ1n) is 8.82. The molecule has 0 radical (unpaired) electrons. The third kappa shape index (κ3) is 4.82. The summed E-state index contributed by atoms with van der Waals surface area (Å²) in [6.45, 7) is 4.07. The highest BCUT2D eigenvalue weighted by Gasteiger charge is 2.26. The summed E-state index contributed by atoms with van der Waals surface area (Å²) >= 11 is 0. The van der Waals surface area contributed by atoms with Gasteiger partial charge in [-0.15, -0.1) is 0 Å². The molecule has 0 aliphatic carbocycles. The standard InChI is InChI=1S/C19H27N5O/c1-20-19(21-9-11-25-15-16-6-4-3-5-7-16)24-10-8-17(14-24)18-12-22-23(2)13-18/h3-7,12-13,17H,8-11,14-15H2,1-2H3,(H,20,21). The number of aromatic nitrogens is 2. The first-order valence-corrected chi connectivity index (χ1v) is 8.82. The number of hydrogen-bond donors (Lipinski definition) is 1. The molecule has 0 saturated carbocycles. The maximum Gasteiger partial charge on any atom is 0.193 e. The van der Waals surface area contributed by atoms with Crippen LogP contribution in [0.4, 0.5) is 0 Å². The lowest BCUT2D eigenvalue weighted by Gasteiger charge is -2.21. The van der Waals surface area contributed by atoms with E-state index in [0.29, 0.717) is 19.1 Å². The summed E-state index contributed by atoms with van der Waals surface area (Å²) in [7, 11) is 3.80. The SMILES string of the molecule is CN=C(NCCOCc1ccccc1)N1CCC(c2cnn(C)c2)C1. The van der Waals surface area contributed by atoms with Gasteiger partial charge in [0.2, 0.25) is 0 Å². The summed E-state index contributed by atoms with van der Waals surface area (Å²) in [5.74, 6) is 1.48. The van der Waals surface area contributed by atoms with Crippen LogP contribution in [0.15, 0.2) is 47.7 Å². The Balaban J connectivity index is 1.39. The molecule has 0 amide bonds. The summed E-state index contributed by atoms with van der Waals surface area (Å²) in [6, 6.07) is 10.2. The maximum absolute atomic E-state index is 5.72. The Morgan fingerprint density at radius 3 is 2.92 bits per heavy atom. The van der Waals surface area contributed by atoms with Crippen LogP contribution in [0.1, 0.15) is 23.5 Å². The molecule has 2 aromatic rings. The van der Waals surface area contributed by atoms with Gasteiger partial charge in [0.15, 0.2) is 5.96 Å². The molecule has 1 aliphatic heterocycles. The van der Waals surface area contributed by atoms with Crippen molar-refractivity contribution in [2.45, 2.75) is 18.9 Å². The number of guanidine groups is 1. The van der Waals surface area contributed by atoms with Gasteiger partial charge in [0.05, 0.1) is 19.4 Å². The van der Waals surface area contributed by atoms with Crippen molar-refractivity contribution in [3.8, 4) is 0 Å². The van der Waals surface area contributed by atoms with Crippen molar-refractivity contribution in [2.24, 2.45) is 12.0 Å². The number of nitrogens with zero attached hydrogens (tertiary/aromatic N) is 4. The Morgan fingerprint density at radius 1 is 1.36 bits per heavy atom. The van der Waals surface area contributed by atoms with Crippen molar-refractivity contribution in [3.63, 3.8) is 0 Å². The second-order valence-corrected chi connectivity index (χ2v) is 6.39. The van der Waals surface area contributed by atoms with E-state index < -0.39 is 0 Å². The average molecular weight is 341 g/mol. The molecule has 3 rings (SSSR count). The van der Waals surface area contributed by atoms with Crippen molar-refractivity contribution in [3.05, 3.63) is 53.9 Å². The molecule has 0 spiro atoms. The van der Waals surface area contributed by atoms with Gasteiger partial charge in [-0.05, 0) is 17.5 Å². The molecule has 6 nitrogen and oxygen atoms in total. The molecule has 1 unspecified atom stereocenters. The Kier molecular flexibility index (Phi) is 6.06. The zero-order chi connectivity index (χ0) is 17.5. The number of nitrogens with one attached hydrogen (secondary N) is 1. The number of rotatable bonds is 6. The van der Waals surface area contributed by atoms with Crippen LogP contribution in [0, 0.1) is 0 Å². The van der Waals surface area contributed by atoms with Crippen LogP contribution in [-0.4, -0.2) is 53.9 Å². The van der Waals surface area contributed by atoms with E-state index in [2.05, 4.69) is 38.6 Å². The zero-order valence-corrected chi connectivity index (χ0v) is 15.1. The van der Waals surface area contributed by atoms with Crippen molar-refractivity contribution >= 4 is 5.96 Å². The highest BCUT2D eigenvalue weighted by atomic mass is 16.5. The number of ether oxygens (including phenoxy) is 1. The van der Waals surface area contributed by atoms with E-state index in [1.54, 1.807) is 0 Å². The Bertz CT molecular complexity index is 682. The molecule has 1 saturated heterocycles. The third-order valence-corrected chi connectivity index (χ3v) is 4.54. The van der Waals surface area contributed by atoms with E-state index in [9.17, 15) is 0 Å². The largest absolute Gasteiger partial charge is 0.375 e. The van der Waals surface area contributed by atoms with Gasteiger partial charge in [0, 0.05) is 45.8 Å². The fourth-order valence-electron chi connectivity index (χ4n) is 3.21. The van der Waals surface area contributed by atoms with Gasteiger partial charge in [0.25, 0.3) is 0 Å².